The van der Waals surface area contributed by atoms with Crippen molar-refractivity contribution >= 4 is 40.6 Å². The van der Waals surface area contributed by atoms with E-state index in [1.807, 2.05) is 35.6 Å². The smallest absolute Gasteiger partial charge is 0.151 e. The molecule has 0 spiro atoms. The number of nitrogens with two attached hydrogens (primary N) is 1. The minimum absolute atomic E-state index is 0.0116. The normalized spacial score (nSPS) is 11.3. The Morgan fingerprint density at radius 3 is 1.65 bits per heavy atom. The first kappa shape index (κ1) is 36.4. The van der Waals surface area contributed by atoms with Crippen molar-refractivity contribution in [3.8, 4) is 0 Å². The standard InChI is InChI=1S/C15H22ClN5.C9H17N3.C6H6Cl2N2/c1-5-12-13(16)14(19-10-18-12)17-7-6-11-8-20-21(9-11)15(2,3)4;1-9(2,3)12-7-8(4-5-10)6-11-12;1-2-4-5(7)6(8)10-3-9-4/h8-10H,5-7H2,1-4H3,(H,17,18,19);6-7H,4-5,10H2,1-3H3;3H,2H2,1H3. The SMILES string of the molecule is CC(C)(C)n1cc(CCN)cn1.CCc1ncnc(Cl)c1Cl.CCc1ncnc(NCCc2cnn(C(C)(C)C)c2)c1Cl. The molecule has 0 aliphatic rings. The van der Waals surface area contributed by atoms with Crippen LogP contribution in [0.2, 0.25) is 15.2 Å². The molecular weight excluding hydrogens is 607 g/mol. The van der Waals surface area contributed by atoms with E-state index >= 15 is 0 Å². The van der Waals surface area contributed by atoms with E-state index < -0.39 is 0 Å². The summed E-state index contributed by atoms with van der Waals surface area (Å²) in [4.78, 5) is 16.0. The van der Waals surface area contributed by atoms with Crippen molar-refractivity contribution in [1.82, 2.24) is 39.5 Å². The third-order valence-electron chi connectivity index (χ3n) is 6.14. The van der Waals surface area contributed by atoms with Crippen molar-refractivity contribution in [2.45, 2.75) is 92.2 Å². The van der Waals surface area contributed by atoms with Crippen molar-refractivity contribution in [2.24, 2.45) is 5.73 Å². The molecular formula is C30H45Cl3N10. The predicted molar refractivity (Wildman–Crippen MR) is 177 cm³/mol. The van der Waals surface area contributed by atoms with E-state index in [1.165, 1.54) is 17.5 Å². The molecule has 3 N–H and O–H groups in total. The zero-order valence-corrected chi connectivity index (χ0v) is 28.8. The van der Waals surface area contributed by atoms with E-state index in [9.17, 15) is 0 Å². The molecule has 236 valence electrons. The summed E-state index contributed by atoms with van der Waals surface area (Å²) in [5.74, 6) is 0.701. The maximum atomic E-state index is 6.25. The number of anilines is 1. The number of hydrogen-bond donors (Lipinski definition) is 2. The Bertz CT molecular complexity index is 1400. The van der Waals surface area contributed by atoms with E-state index in [2.05, 4.69) is 89.4 Å². The van der Waals surface area contributed by atoms with Crippen molar-refractivity contribution in [3.63, 3.8) is 0 Å². The first-order valence-corrected chi connectivity index (χ1v) is 15.5. The molecule has 0 unspecified atom stereocenters. The van der Waals surface area contributed by atoms with Crippen LogP contribution in [0.1, 0.15) is 77.9 Å². The van der Waals surface area contributed by atoms with Gasteiger partial charge in [0.05, 0.1) is 39.9 Å². The van der Waals surface area contributed by atoms with Crippen LogP contribution < -0.4 is 11.1 Å². The fourth-order valence-electron chi connectivity index (χ4n) is 3.61. The van der Waals surface area contributed by atoms with Crippen molar-refractivity contribution in [1.29, 1.82) is 0 Å². The van der Waals surface area contributed by atoms with Crippen molar-refractivity contribution in [2.75, 3.05) is 18.4 Å². The molecule has 0 fully saturated rings. The van der Waals surface area contributed by atoms with Crippen LogP contribution in [0.4, 0.5) is 5.82 Å². The van der Waals surface area contributed by atoms with Crippen LogP contribution in [0.3, 0.4) is 0 Å². The first-order valence-electron chi connectivity index (χ1n) is 14.4. The molecule has 0 aliphatic heterocycles. The zero-order valence-electron chi connectivity index (χ0n) is 26.5. The fraction of sp³-hybridized carbons (Fsp3) is 0.533. The van der Waals surface area contributed by atoms with Crippen LogP contribution in [0, 0.1) is 0 Å². The van der Waals surface area contributed by atoms with Crippen molar-refractivity contribution in [3.05, 3.63) is 75.2 Å². The van der Waals surface area contributed by atoms with Gasteiger partial charge in [-0.2, -0.15) is 10.2 Å². The summed E-state index contributed by atoms with van der Waals surface area (Å²) in [7, 11) is 0. The molecule has 0 saturated carbocycles. The largest absolute Gasteiger partial charge is 0.368 e. The topological polar surface area (TPSA) is 125 Å². The molecule has 0 atom stereocenters. The van der Waals surface area contributed by atoms with E-state index in [-0.39, 0.29) is 11.1 Å². The molecule has 13 heteroatoms. The van der Waals surface area contributed by atoms with Crippen LogP contribution in [0.25, 0.3) is 0 Å². The third kappa shape index (κ3) is 11.7. The summed E-state index contributed by atoms with van der Waals surface area (Å²) in [6, 6.07) is 0. The highest BCUT2D eigenvalue weighted by atomic mass is 35.5. The number of aryl methyl sites for hydroxylation is 2. The lowest BCUT2D eigenvalue weighted by Crippen LogP contribution is -2.22. The van der Waals surface area contributed by atoms with Gasteiger partial charge < -0.3 is 11.1 Å². The van der Waals surface area contributed by atoms with Crippen LogP contribution in [0.5, 0.6) is 0 Å². The molecule has 0 saturated heterocycles. The molecule has 4 rings (SSSR count). The second kappa shape index (κ2) is 16.9. The van der Waals surface area contributed by atoms with Gasteiger partial charge in [-0.1, -0.05) is 48.7 Å². The molecule has 4 aromatic heterocycles. The van der Waals surface area contributed by atoms with Crippen LogP contribution in [0.15, 0.2) is 37.4 Å². The quantitative estimate of drug-likeness (QED) is 0.200. The van der Waals surface area contributed by atoms with Gasteiger partial charge in [-0.05, 0) is 84.9 Å². The number of nitrogens with zero attached hydrogens (tertiary/aromatic N) is 8. The van der Waals surface area contributed by atoms with Gasteiger partial charge in [0.2, 0.25) is 0 Å². The minimum Gasteiger partial charge on any atom is -0.368 e. The molecule has 0 aliphatic carbocycles. The summed E-state index contributed by atoms with van der Waals surface area (Å²) in [6.45, 7) is 18.2. The Morgan fingerprint density at radius 1 is 0.721 bits per heavy atom. The highest BCUT2D eigenvalue weighted by Crippen LogP contribution is 2.22. The lowest BCUT2D eigenvalue weighted by Gasteiger charge is -2.18. The highest BCUT2D eigenvalue weighted by molar-refractivity contribution is 6.41. The molecule has 4 heterocycles. The number of aromatic nitrogens is 8. The van der Waals surface area contributed by atoms with Gasteiger partial charge in [0.25, 0.3) is 0 Å². The van der Waals surface area contributed by atoms with Crippen LogP contribution >= 0.6 is 34.8 Å². The molecule has 4 aromatic rings. The Morgan fingerprint density at radius 2 is 1.21 bits per heavy atom. The van der Waals surface area contributed by atoms with E-state index in [1.54, 1.807) is 6.33 Å². The van der Waals surface area contributed by atoms with Gasteiger partial charge in [0, 0.05) is 18.9 Å². The Hall–Kier alpha value is -2.79. The van der Waals surface area contributed by atoms with E-state index in [0.29, 0.717) is 27.6 Å². The van der Waals surface area contributed by atoms with Gasteiger partial charge in [0.1, 0.15) is 23.5 Å². The minimum atomic E-state index is 0.0116. The molecule has 0 radical (unpaired) electrons. The Labute approximate surface area is 270 Å². The monoisotopic (exact) mass is 650 g/mol. The first-order chi connectivity index (χ1) is 20.2. The summed E-state index contributed by atoms with van der Waals surface area (Å²) in [5, 5.41) is 13.3. The van der Waals surface area contributed by atoms with Gasteiger partial charge in [-0.15, -0.1) is 0 Å². The lowest BCUT2D eigenvalue weighted by atomic mass is 10.1. The molecule has 43 heavy (non-hydrogen) atoms. The van der Waals surface area contributed by atoms with E-state index in [4.69, 9.17) is 40.5 Å². The third-order valence-corrected chi connectivity index (χ3v) is 7.31. The van der Waals surface area contributed by atoms with Crippen LogP contribution in [-0.2, 0) is 36.8 Å². The molecule has 0 bridgehead atoms. The average molecular weight is 652 g/mol. The van der Waals surface area contributed by atoms with Gasteiger partial charge >= 0.3 is 0 Å². The summed E-state index contributed by atoms with van der Waals surface area (Å²) < 4.78 is 3.95. The highest BCUT2D eigenvalue weighted by Gasteiger charge is 2.15. The maximum Gasteiger partial charge on any atom is 0.151 e. The average Bonchev–Trinajstić information content (AvgIpc) is 3.63. The zero-order chi connectivity index (χ0) is 32.2. The van der Waals surface area contributed by atoms with Gasteiger partial charge in [0.15, 0.2) is 5.15 Å². The van der Waals surface area contributed by atoms with Crippen molar-refractivity contribution < 1.29 is 0 Å². The number of hydrogen-bond acceptors (Lipinski definition) is 8. The molecule has 0 aromatic carbocycles. The molecule has 0 amide bonds. The predicted octanol–water partition coefficient (Wildman–Crippen LogP) is 6.78. The second-order valence-corrected chi connectivity index (χ2v) is 12.9. The summed E-state index contributed by atoms with van der Waals surface area (Å²) in [6.07, 6.45) is 14.3. The lowest BCUT2D eigenvalue weighted by molar-refractivity contribution is 0.355. The fourth-order valence-corrected chi connectivity index (χ4v) is 4.29. The van der Waals surface area contributed by atoms with Gasteiger partial charge in [-0.3, -0.25) is 9.36 Å². The maximum absolute atomic E-state index is 6.25. The van der Waals surface area contributed by atoms with Crippen LogP contribution in [-0.4, -0.2) is 52.6 Å². The van der Waals surface area contributed by atoms with Gasteiger partial charge in [-0.25, -0.2) is 19.9 Å². The Balaban J connectivity index is 0.000000248. The van der Waals surface area contributed by atoms with E-state index in [0.717, 1.165) is 43.6 Å². The number of halogens is 3. The Kier molecular flexibility index (Phi) is 14.3. The number of rotatable bonds is 8. The summed E-state index contributed by atoms with van der Waals surface area (Å²) >= 11 is 17.6. The number of nitrogens with one attached hydrogen (secondary N) is 1. The second-order valence-electron chi connectivity index (χ2n) is 11.8. The summed E-state index contributed by atoms with van der Waals surface area (Å²) in [5.41, 5.74) is 9.60. The molecule has 10 nitrogen and oxygen atoms in total.